The second-order valence-electron chi connectivity index (χ2n) is 6.55. The van der Waals surface area contributed by atoms with Crippen molar-refractivity contribution in [2.75, 3.05) is 18.4 Å². The quantitative estimate of drug-likeness (QED) is 0.292. The lowest BCUT2D eigenvalue weighted by Gasteiger charge is -2.09. The van der Waals surface area contributed by atoms with Gasteiger partial charge >= 0.3 is 0 Å². The number of guanidine groups is 1. The maximum absolute atomic E-state index is 12.2. The summed E-state index contributed by atoms with van der Waals surface area (Å²) in [7, 11) is -3.57. The molecule has 3 rings (SSSR count). The van der Waals surface area contributed by atoms with Crippen molar-refractivity contribution in [1.82, 2.24) is 4.72 Å². The van der Waals surface area contributed by atoms with Crippen molar-refractivity contribution in [3.8, 4) is 11.5 Å². The standard InChI is InChI=1S/C22H24N4O3S/c1-17-10-12-21(13-11-17)30(27,28)25-15-14-24-22(23)26-18-6-5-9-20(16-18)29-19-7-3-2-4-8-19/h2-13,16,25H,14-15H2,1H3,(H3,23,24,26). The van der Waals surface area contributed by atoms with E-state index in [1.165, 1.54) is 0 Å². The first kappa shape index (κ1) is 21.4. The Morgan fingerprint density at radius 1 is 0.967 bits per heavy atom. The fourth-order valence-electron chi connectivity index (χ4n) is 2.61. The molecule has 0 fully saturated rings. The number of nitrogens with two attached hydrogens (primary N) is 1. The minimum absolute atomic E-state index is 0.135. The van der Waals surface area contributed by atoms with Crippen LogP contribution >= 0.6 is 0 Å². The smallest absolute Gasteiger partial charge is 0.240 e. The second-order valence-corrected chi connectivity index (χ2v) is 8.31. The Hall–Kier alpha value is -3.36. The van der Waals surface area contributed by atoms with Crippen molar-refractivity contribution in [2.45, 2.75) is 11.8 Å². The largest absolute Gasteiger partial charge is 0.457 e. The molecular formula is C22H24N4O3S. The molecule has 0 saturated carbocycles. The third kappa shape index (κ3) is 6.33. The molecule has 0 amide bonds. The third-order valence-electron chi connectivity index (χ3n) is 4.10. The Kier molecular flexibility index (Phi) is 7.05. The number of benzene rings is 3. The average molecular weight is 425 g/mol. The molecule has 0 unspecified atom stereocenters. The van der Waals surface area contributed by atoms with Gasteiger partial charge in [0.2, 0.25) is 10.0 Å². The van der Waals surface area contributed by atoms with E-state index in [2.05, 4.69) is 15.0 Å². The number of aliphatic imine (C=N–C) groups is 1. The van der Waals surface area contributed by atoms with Crippen molar-refractivity contribution in [3.05, 3.63) is 84.4 Å². The van der Waals surface area contributed by atoms with E-state index in [0.29, 0.717) is 11.4 Å². The van der Waals surface area contributed by atoms with Crippen LogP contribution in [-0.4, -0.2) is 27.5 Å². The van der Waals surface area contributed by atoms with Gasteiger partial charge in [-0.25, -0.2) is 13.1 Å². The van der Waals surface area contributed by atoms with Crippen LogP contribution in [0.3, 0.4) is 0 Å². The van der Waals surface area contributed by atoms with Crippen molar-refractivity contribution >= 4 is 21.7 Å². The van der Waals surface area contributed by atoms with Crippen LogP contribution in [-0.2, 0) is 10.0 Å². The highest BCUT2D eigenvalue weighted by atomic mass is 32.2. The molecule has 0 bridgehead atoms. The highest BCUT2D eigenvalue weighted by Gasteiger charge is 2.12. The Bertz CT molecular complexity index is 1100. The van der Waals surface area contributed by atoms with Crippen LogP contribution in [0.1, 0.15) is 5.56 Å². The van der Waals surface area contributed by atoms with E-state index in [-0.39, 0.29) is 23.9 Å². The van der Waals surface area contributed by atoms with Gasteiger partial charge in [0, 0.05) is 18.3 Å². The van der Waals surface area contributed by atoms with E-state index in [9.17, 15) is 8.42 Å². The predicted octanol–water partition coefficient (Wildman–Crippen LogP) is 3.49. The first-order valence-corrected chi connectivity index (χ1v) is 10.9. The van der Waals surface area contributed by atoms with Gasteiger partial charge in [-0.2, -0.15) is 0 Å². The summed E-state index contributed by atoms with van der Waals surface area (Å²) in [5, 5.41) is 2.97. The van der Waals surface area contributed by atoms with Gasteiger partial charge in [0.25, 0.3) is 0 Å². The molecule has 3 aromatic rings. The number of sulfonamides is 1. The predicted molar refractivity (Wildman–Crippen MR) is 119 cm³/mol. The number of nitrogens with zero attached hydrogens (tertiary/aromatic N) is 1. The van der Waals surface area contributed by atoms with Gasteiger partial charge in [-0.1, -0.05) is 42.0 Å². The molecule has 0 aliphatic rings. The molecule has 0 spiro atoms. The first-order valence-electron chi connectivity index (χ1n) is 9.39. The highest BCUT2D eigenvalue weighted by molar-refractivity contribution is 7.89. The summed E-state index contributed by atoms with van der Waals surface area (Å²) in [4.78, 5) is 4.38. The van der Waals surface area contributed by atoms with E-state index in [4.69, 9.17) is 10.5 Å². The maximum Gasteiger partial charge on any atom is 0.240 e. The molecule has 7 nitrogen and oxygen atoms in total. The number of aryl methyl sites for hydroxylation is 1. The van der Waals surface area contributed by atoms with E-state index >= 15 is 0 Å². The fraction of sp³-hybridized carbons (Fsp3) is 0.136. The summed E-state index contributed by atoms with van der Waals surface area (Å²) in [6.45, 7) is 2.23. The van der Waals surface area contributed by atoms with Crippen LogP contribution < -0.4 is 20.5 Å². The van der Waals surface area contributed by atoms with Crippen LogP contribution in [0.15, 0.2) is 88.8 Å². The minimum atomic E-state index is -3.57. The van der Waals surface area contributed by atoms with E-state index in [1.54, 1.807) is 30.3 Å². The van der Waals surface area contributed by atoms with Crippen LogP contribution in [0, 0.1) is 6.92 Å². The second kappa shape index (κ2) is 9.91. The van der Waals surface area contributed by atoms with Gasteiger partial charge in [-0.3, -0.25) is 4.99 Å². The molecule has 8 heteroatoms. The zero-order valence-corrected chi connectivity index (χ0v) is 17.4. The van der Waals surface area contributed by atoms with Crippen LogP contribution in [0.5, 0.6) is 11.5 Å². The van der Waals surface area contributed by atoms with Crippen molar-refractivity contribution in [2.24, 2.45) is 10.7 Å². The van der Waals surface area contributed by atoms with Gasteiger partial charge < -0.3 is 15.8 Å². The van der Waals surface area contributed by atoms with Crippen LogP contribution in [0.2, 0.25) is 0 Å². The molecule has 4 N–H and O–H groups in total. The third-order valence-corrected chi connectivity index (χ3v) is 5.58. The number of hydrogen-bond donors (Lipinski definition) is 3. The van der Waals surface area contributed by atoms with E-state index in [0.717, 1.165) is 11.3 Å². The topological polar surface area (TPSA) is 106 Å². The lowest BCUT2D eigenvalue weighted by atomic mass is 10.2. The molecule has 3 aromatic carbocycles. The van der Waals surface area contributed by atoms with Gasteiger partial charge in [-0.05, 0) is 43.3 Å². The van der Waals surface area contributed by atoms with E-state index < -0.39 is 10.0 Å². The summed E-state index contributed by atoms with van der Waals surface area (Å²) in [5.74, 6) is 1.57. The van der Waals surface area contributed by atoms with Crippen molar-refractivity contribution in [3.63, 3.8) is 0 Å². The summed E-state index contributed by atoms with van der Waals surface area (Å²) in [6.07, 6.45) is 0. The molecule has 30 heavy (non-hydrogen) atoms. The highest BCUT2D eigenvalue weighted by Crippen LogP contribution is 2.23. The zero-order valence-electron chi connectivity index (χ0n) is 16.6. The number of rotatable bonds is 8. The van der Waals surface area contributed by atoms with Gasteiger partial charge in [0.05, 0.1) is 11.4 Å². The molecule has 156 valence electrons. The van der Waals surface area contributed by atoms with Crippen molar-refractivity contribution < 1.29 is 13.2 Å². The molecule has 0 atom stereocenters. The number of para-hydroxylation sites is 1. The van der Waals surface area contributed by atoms with Gasteiger partial charge in [-0.15, -0.1) is 0 Å². The molecule has 0 saturated heterocycles. The number of anilines is 1. The van der Waals surface area contributed by atoms with Gasteiger partial charge in [0.1, 0.15) is 11.5 Å². The summed E-state index contributed by atoms with van der Waals surface area (Å²) in [6, 6.07) is 23.4. The number of hydrogen-bond acceptors (Lipinski definition) is 4. The van der Waals surface area contributed by atoms with Gasteiger partial charge in [0.15, 0.2) is 5.96 Å². The Labute approximate surface area is 176 Å². The normalized spacial score (nSPS) is 11.8. The van der Waals surface area contributed by atoms with Crippen LogP contribution in [0.25, 0.3) is 0 Å². The SMILES string of the molecule is Cc1ccc(S(=O)(=O)NCCN=C(N)Nc2cccc(Oc3ccccc3)c2)cc1. The summed E-state index contributed by atoms with van der Waals surface area (Å²) in [5.41, 5.74) is 7.62. The Balaban J connectivity index is 1.51. The molecule has 0 aliphatic carbocycles. The van der Waals surface area contributed by atoms with E-state index in [1.807, 2.05) is 55.5 Å². The maximum atomic E-state index is 12.2. The molecule has 0 radical (unpaired) electrons. The summed E-state index contributed by atoms with van der Waals surface area (Å²) < 4.78 is 32.8. The first-order chi connectivity index (χ1) is 14.4. The fourth-order valence-corrected chi connectivity index (χ4v) is 3.63. The minimum Gasteiger partial charge on any atom is -0.457 e. The Morgan fingerprint density at radius 2 is 1.67 bits per heavy atom. The molecule has 0 aliphatic heterocycles. The number of ether oxygens (including phenoxy) is 1. The summed E-state index contributed by atoms with van der Waals surface area (Å²) >= 11 is 0. The molecular weight excluding hydrogens is 400 g/mol. The molecule has 0 aromatic heterocycles. The monoisotopic (exact) mass is 424 g/mol. The number of nitrogens with one attached hydrogen (secondary N) is 2. The van der Waals surface area contributed by atoms with Crippen LogP contribution in [0.4, 0.5) is 5.69 Å². The Morgan fingerprint density at radius 3 is 2.40 bits per heavy atom. The zero-order chi connectivity index (χ0) is 21.4. The van der Waals surface area contributed by atoms with Crippen molar-refractivity contribution in [1.29, 1.82) is 0 Å². The lowest BCUT2D eigenvalue weighted by molar-refractivity contribution is 0.483. The average Bonchev–Trinajstić information content (AvgIpc) is 2.73. The molecule has 0 heterocycles. The lowest BCUT2D eigenvalue weighted by Crippen LogP contribution is -2.28.